The van der Waals surface area contributed by atoms with E-state index in [0.29, 0.717) is 10.8 Å². The molecule has 0 aliphatic carbocycles. The molecule has 0 saturated carbocycles. The maximum absolute atomic E-state index is 10.8. The van der Waals surface area contributed by atoms with Crippen molar-refractivity contribution in [2.75, 3.05) is 6.61 Å². The molecule has 0 radical (unpaired) electrons. The van der Waals surface area contributed by atoms with E-state index in [-0.39, 0.29) is 30.2 Å². The number of fused-ring (bicyclic) bond motifs is 1. The van der Waals surface area contributed by atoms with E-state index in [1.807, 2.05) is 16.8 Å². The van der Waals surface area contributed by atoms with Gasteiger partial charge in [-0.15, -0.1) is 0 Å². The molecule has 2 atom stereocenters. The second kappa shape index (κ2) is 5.79. The van der Waals surface area contributed by atoms with Crippen LogP contribution < -0.4 is 0 Å². The van der Waals surface area contributed by atoms with E-state index in [2.05, 4.69) is 9.97 Å². The molecule has 1 saturated heterocycles. The Morgan fingerprint density at radius 3 is 3.05 bits per heavy atom. The maximum Gasteiger partial charge on any atom is 0.302 e. The van der Waals surface area contributed by atoms with Gasteiger partial charge in [0, 0.05) is 13.1 Å². The van der Waals surface area contributed by atoms with E-state index in [9.17, 15) is 4.79 Å². The molecular formula is C13H13Cl2N3O3. The predicted molar refractivity (Wildman–Crippen MR) is 77.3 cm³/mol. The summed E-state index contributed by atoms with van der Waals surface area (Å²) in [6, 6.07) is 1.83. The molecule has 0 bridgehead atoms. The quantitative estimate of drug-likeness (QED) is 0.492. The lowest BCUT2D eigenvalue weighted by molar-refractivity contribution is -0.145. The Labute approximate surface area is 131 Å². The van der Waals surface area contributed by atoms with Crippen LogP contribution >= 0.6 is 23.2 Å². The first-order valence-corrected chi connectivity index (χ1v) is 7.28. The van der Waals surface area contributed by atoms with E-state index in [1.54, 1.807) is 0 Å². The van der Waals surface area contributed by atoms with Crippen LogP contribution in [0.2, 0.25) is 10.4 Å². The predicted octanol–water partition coefficient (Wildman–Crippen LogP) is 2.98. The number of esters is 1. The van der Waals surface area contributed by atoms with E-state index < -0.39 is 0 Å². The third kappa shape index (κ3) is 2.97. The fourth-order valence-electron chi connectivity index (χ4n) is 2.43. The Balaban J connectivity index is 1.81. The van der Waals surface area contributed by atoms with Crippen molar-refractivity contribution in [2.24, 2.45) is 0 Å². The first-order chi connectivity index (χ1) is 10.0. The van der Waals surface area contributed by atoms with Crippen LogP contribution in [0.15, 0.2) is 12.3 Å². The van der Waals surface area contributed by atoms with Gasteiger partial charge in [-0.3, -0.25) is 4.79 Å². The van der Waals surface area contributed by atoms with Crippen LogP contribution in [0.1, 0.15) is 26.0 Å². The summed E-state index contributed by atoms with van der Waals surface area (Å²) in [5.41, 5.74) is 0.637. The van der Waals surface area contributed by atoms with E-state index >= 15 is 0 Å². The lowest BCUT2D eigenvalue weighted by Crippen LogP contribution is -2.18. The molecule has 1 aliphatic rings. The highest BCUT2D eigenvalue weighted by Gasteiger charge is 2.28. The molecule has 21 heavy (non-hydrogen) atoms. The van der Waals surface area contributed by atoms with Crippen molar-refractivity contribution in [3.05, 3.63) is 22.7 Å². The highest BCUT2D eigenvalue weighted by molar-refractivity contribution is 6.35. The van der Waals surface area contributed by atoms with Crippen LogP contribution in [0.5, 0.6) is 0 Å². The third-order valence-electron chi connectivity index (χ3n) is 3.37. The summed E-state index contributed by atoms with van der Waals surface area (Å²) >= 11 is 11.9. The van der Waals surface area contributed by atoms with Crippen LogP contribution in [-0.2, 0) is 14.3 Å². The van der Waals surface area contributed by atoms with Gasteiger partial charge >= 0.3 is 5.97 Å². The zero-order valence-corrected chi connectivity index (χ0v) is 12.8. The normalized spacial score (nSPS) is 21.9. The standard InChI is InChI=1S/C13H13Cl2N3O3/c1-7(19)20-6-8-2-3-10(21-8)18-5-4-9-11(14)16-13(15)17-12(9)18/h4-5,8,10H,2-3,6H2,1H3. The molecule has 112 valence electrons. The Morgan fingerprint density at radius 1 is 1.48 bits per heavy atom. The molecule has 1 aliphatic heterocycles. The molecule has 2 unspecified atom stereocenters. The van der Waals surface area contributed by atoms with Crippen molar-refractivity contribution in [3.8, 4) is 0 Å². The molecule has 3 rings (SSSR count). The van der Waals surface area contributed by atoms with Crippen LogP contribution in [0.4, 0.5) is 0 Å². The summed E-state index contributed by atoms with van der Waals surface area (Å²) in [5, 5.41) is 1.15. The molecule has 1 fully saturated rings. The number of nitrogens with zero attached hydrogens (tertiary/aromatic N) is 3. The average Bonchev–Trinajstić information content (AvgIpc) is 3.02. The lowest BCUT2D eigenvalue weighted by atomic mass is 10.2. The zero-order chi connectivity index (χ0) is 15.0. The first kappa shape index (κ1) is 14.6. The van der Waals surface area contributed by atoms with Crippen molar-refractivity contribution in [1.29, 1.82) is 0 Å². The number of hydrogen-bond donors (Lipinski definition) is 0. The van der Waals surface area contributed by atoms with E-state index in [4.69, 9.17) is 32.7 Å². The van der Waals surface area contributed by atoms with Gasteiger partial charge in [0.05, 0.1) is 11.5 Å². The van der Waals surface area contributed by atoms with Crippen molar-refractivity contribution in [1.82, 2.24) is 14.5 Å². The maximum atomic E-state index is 10.8. The van der Waals surface area contributed by atoms with Gasteiger partial charge in [0.25, 0.3) is 0 Å². The van der Waals surface area contributed by atoms with E-state index in [0.717, 1.165) is 18.2 Å². The van der Waals surface area contributed by atoms with Crippen molar-refractivity contribution in [3.63, 3.8) is 0 Å². The van der Waals surface area contributed by atoms with Crippen LogP contribution in [-0.4, -0.2) is 33.2 Å². The van der Waals surface area contributed by atoms with Gasteiger partial charge in [0.2, 0.25) is 5.28 Å². The average molecular weight is 330 g/mol. The monoisotopic (exact) mass is 329 g/mol. The Bertz CT molecular complexity index is 689. The molecule has 2 aromatic rings. The smallest absolute Gasteiger partial charge is 0.302 e. The number of aromatic nitrogens is 3. The molecule has 3 heterocycles. The largest absolute Gasteiger partial charge is 0.463 e. The first-order valence-electron chi connectivity index (χ1n) is 6.53. The summed E-state index contributed by atoms with van der Waals surface area (Å²) in [6.45, 7) is 1.65. The highest BCUT2D eigenvalue weighted by Crippen LogP contribution is 2.33. The summed E-state index contributed by atoms with van der Waals surface area (Å²) in [7, 11) is 0. The number of rotatable bonds is 3. The van der Waals surface area contributed by atoms with Gasteiger partial charge in [-0.1, -0.05) is 11.6 Å². The minimum Gasteiger partial charge on any atom is -0.463 e. The zero-order valence-electron chi connectivity index (χ0n) is 11.3. The molecular weight excluding hydrogens is 317 g/mol. The van der Waals surface area contributed by atoms with Crippen molar-refractivity contribution >= 4 is 40.2 Å². The number of ether oxygens (including phenoxy) is 2. The second-order valence-corrected chi connectivity index (χ2v) is 5.53. The molecule has 0 spiro atoms. The summed E-state index contributed by atoms with van der Waals surface area (Å²) in [5.74, 6) is -0.306. The highest BCUT2D eigenvalue weighted by atomic mass is 35.5. The molecule has 0 N–H and O–H groups in total. The summed E-state index contributed by atoms with van der Waals surface area (Å²) in [4.78, 5) is 19.0. The fraction of sp³-hybridized carbons (Fsp3) is 0.462. The van der Waals surface area contributed by atoms with Gasteiger partial charge in [-0.05, 0) is 30.5 Å². The van der Waals surface area contributed by atoms with Crippen LogP contribution in [0, 0.1) is 0 Å². The minimum absolute atomic E-state index is 0.0990. The lowest BCUT2D eigenvalue weighted by Gasteiger charge is -2.15. The molecule has 8 heteroatoms. The molecule has 2 aromatic heterocycles. The minimum atomic E-state index is -0.306. The van der Waals surface area contributed by atoms with Crippen molar-refractivity contribution in [2.45, 2.75) is 32.1 Å². The Kier molecular flexibility index (Phi) is 4.01. The summed E-state index contributed by atoms with van der Waals surface area (Å²) < 4.78 is 12.7. The number of hydrogen-bond acceptors (Lipinski definition) is 5. The van der Waals surface area contributed by atoms with Crippen LogP contribution in [0.3, 0.4) is 0 Å². The summed E-state index contributed by atoms with van der Waals surface area (Å²) in [6.07, 6.45) is 3.17. The van der Waals surface area contributed by atoms with Gasteiger partial charge in [-0.2, -0.15) is 4.98 Å². The number of carbonyl (C=O) groups excluding carboxylic acids is 1. The van der Waals surface area contributed by atoms with Gasteiger partial charge < -0.3 is 14.0 Å². The fourth-order valence-corrected chi connectivity index (χ4v) is 2.86. The second-order valence-electron chi connectivity index (χ2n) is 4.84. The van der Waals surface area contributed by atoms with Gasteiger partial charge in [0.15, 0.2) is 0 Å². The van der Waals surface area contributed by atoms with E-state index in [1.165, 1.54) is 6.92 Å². The topological polar surface area (TPSA) is 66.2 Å². The van der Waals surface area contributed by atoms with Gasteiger partial charge in [-0.25, -0.2) is 4.98 Å². The molecule has 6 nitrogen and oxygen atoms in total. The van der Waals surface area contributed by atoms with Gasteiger partial charge in [0.1, 0.15) is 23.6 Å². The Hall–Kier alpha value is -1.37. The molecule has 0 amide bonds. The third-order valence-corrected chi connectivity index (χ3v) is 3.82. The van der Waals surface area contributed by atoms with Crippen molar-refractivity contribution < 1.29 is 14.3 Å². The molecule has 0 aromatic carbocycles. The number of halogens is 2. The van der Waals surface area contributed by atoms with Crippen LogP contribution in [0.25, 0.3) is 11.0 Å². The number of carbonyl (C=O) groups is 1. The SMILES string of the molecule is CC(=O)OCC1CCC(n2ccc3c(Cl)nc(Cl)nc32)O1. The Morgan fingerprint density at radius 2 is 2.29 bits per heavy atom.